The number of carbonyl (C=O) groups is 1. The lowest BCUT2D eigenvalue weighted by Gasteiger charge is -2.27. The quantitative estimate of drug-likeness (QED) is 0.479. The van der Waals surface area contributed by atoms with Crippen molar-refractivity contribution in [2.75, 3.05) is 43.9 Å². The van der Waals surface area contributed by atoms with Gasteiger partial charge in [-0.1, -0.05) is 23.4 Å². The van der Waals surface area contributed by atoms with Crippen LogP contribution in [0.2, 0.25) is 5.02 Å². The zero-order valence-corrected chi connectivity index (χ0v) is 19.2. The van der Waals surface area contributed by atoms with Gasteiger partial charge in [0, 0.05) is 37.4 Å². The molecule has 1 aliphatic rings. The molecule has 2 aromatic carbocycles. The number of carbonyl (C=O) groups excluding carboxylic acids is 1. The summed E-state index contributed by atoms with van der Waals surface area (Å²) in [6, 6.07) is 10.1. The minimum Gasteiger partial charge on any atom is -0.379 e. The molecule has 0 atom stereocenters. The maximum atomic E-state index is 13.4. The number of rotatable bonds is 8. The molecule has 0 aliphatic carbocycles. The number of nitrogens with zero attached hydrogens (tertiary/aromatic N) is 4. The Balaban J connectivity index is 1.46. The maximum absolute atomic E-state index is 13.4. The minimum atomic E-state index is -0.550. The smallest absolute Gasteiger partial charge is 0.234 e. The van der Waals surface area contributed by atoms with Gasteiger partial charge >= 0.3 is 0 Å². The van der Waals surface area contributed by atoms with Crippen molar-refractivity contribution in [3.05, 3.63) is 59.1 Å². The van der Waals surface area contributed by atoms with E-state index in [0.717, 1.165) is 25.2 Å². The lowest BCUT2D eigenvalue weighted by atomic mass is 10.2. The standard InChI is InChI=1S/C22H22ClF2N5O2S/c23-18-13-17(5-6-19(18)25)26-20(31)14-33-22-28-27-21(15-1-3-16(24)4-2-15)30(22)8-7-29-9-11-32-12-10-29/h1-6,13H,7-12,14H2,(H,26,31). The van der Waals surface area contributed by atoms with Gasteiger partial charge in [-0.05, 0) is 42.5 Å². The predicted octanol–water partition coefficient (Wildman–Crippen LogP) is 3.94. The van der Waals surface area contributed by atoms with Crippen LogP contribution in [0.25, 0.3) is 11.4 Å². The summed E-state index contributed by atoms with van der Waals surface area (Å²) in [5, 5.41) is 11.8. The highest BCUT2D eigenvalue weighted by molar-refractivity contribution is 7.99. The molecule has 1 amide bonds. The SMILES string of the molecule is O=C(CSc1nnc(-c2ccc(F)cc2)n1CCN1CCOCC1)Nc1ccc(F)c(Cl)c1. The molecule has 1 fully saturated rings. The fraction of sp³-hybridized carbons (Fsp3) is 0.318. The van der Waals surface area contributed by atoms with Crippen molar-refractivity contribution in [3.63, 3.8) is 0 Å². The molecule has 2 heterocycles. The third kappa shape index (κ3) is 6.29. The van der Waals surface area contributed by atoms with Crippen LogP contribution in [0.3, 0.4) is 0 Å². The summed E-state index contributed by atoms with van der Waals surface area (Å²) in [4.78, 5) is 14.7. The van der Waals surface area contributed by atoms with Crippen LogP contribution in [0.1, 0.15) is 0 Å². The van der Waals surface area contributed by atoms with Crippen LogP contribution in [-0.2, 0) is 16.1 Å². The summed E-state index contributed by atoms with van der Waals surface area (Å²) < 4.78 is 34.1. The molecule has 0 unspecified atom stereocenters. The van der Waals surface area contributed by atoms with Crippen LogP contribution < -0.4 is 5.32 Å². The van der Waals surface area contributed by atoms with Gasteiger partial charge in [-0.3, -0.25) is 9.69 Å². The number of morpholine rings is 1. The molecule has 1 N–H and O–H groups in total. The first-order valence-corrected chi connectivity index (χ1v) is 11.7. The van der Waals surface area contributed by atoms with E-state index in [1.807, 2.05) is 4.57 Å². The first kappa shape index (κ1) is 23.6. The highest BCUT2D eigenvalue weighted by Gasteiger charge is 2.18. The van der Waals surface area contributed by atoms with Gasteiger partial charge in [0.25, 0.3) is 0 Å². The van der Waals surface area contributed by atoms with E-state index in [2.05, 4.69) is 20.4 Å². The van der Waals surface area contributed by atoms with Crippen LogP contribution in [0.5, 0.6) is 0 Å². The van der Waals surface area contributed by atoms with Crippen LogP contribution in [-0.4, -0.2) is 64.2 Å². The van der Waals surface area contributed by atoms with Gasteiger partial charge < -0.3 is 14.6 Å². The van der Waals surface area contributed by atoms with Crippen LogP contribution >= 0.6 is 23.4 Å². The Hall–Kier alpha value is -2.53. The van der Waals surface area contributed by atoms with Crippen molar-refractivity contribution in [2.45, 2.75) is 11.7 Å². The molecule has 3 aromatic rings. The number of hydrogen-bond donors (Lipinski definition) is 1. The highest BCUT2D eigenvalue weighted by atomic mass is 35.5. The molecule has 174 valence electrons. The second-order valence-corrected chi connectivity index (χ2v) is 8.73. The molecule has 0 bridgehead atoms. The average Bonchev–Trinajstić information content (AvgIpc) is 3.22. The third-order valence-electron chi connectivity index (χ3n) is 5.10. The number of benzene rings is 2. The van der Waals surface area contributed by atoms with Gasteiger partial charge in [-0.25, -0.2) is 8.78 Å². The minimum absolute atomic E-state index is 0.0627. The van der Waals surface area contributed by atoms with E-state index >= 15 is 0 Å². The van der Waals surface area contributed by atoms with Crippen molar-refractivity contribution in [1.29, 1.82) is 0 Å². The van der Waals surface area contributed by atoms with Crippen molar-refractivity contribution < 1.29 is 18.3 Å². The summed E-state index contributed by atoms with van der Waals surface area (Å²) >= 11 is 7.01. The summed E-state index contributed by atoms with van der Waals surface area (Å²) in [5.74, 6) is -0.477. The van der Waals surface area contributed by atoms with Crippen molar-refractivity contribution >= 4 is 35.0 Å². The molecule has 1 aromatic heterocycles. The van der Waals surface area contributed by atoms with Gasteiger partial charge in [-0.15, -0.1) is 10.2 Å². The lowest BCUT2D eigenvalue weighted by Crippen LogP contribution is -2.38. The second kappa shape index (κ2) is 11.1. The molecule has 1 aliphatic heterocycles. The Kier molecular flexibility index (Phi) is 7.92. The largest absolute Gasteiger partial charge is 0.379 e. The number of hydrogen-bond acceptors (Lipinski definition) is 6. The van der Waals surface area contributed by atoms with Crippen molar-refractivity contribution in [2.24, 2.45) is 0 Å². The zero-order chi connectivity index (χ0) is 23.2. The number of thioether (sulfide) groups is 1. The number of ether oxygens (including phenoxy) is 1. The Morgan fingerprint density at radius 1 is 1.09 bits per heavy atom. The summed E-state index contributed by atoms with van der Waals surface area (Å²) in [5.41, 5.74) is 1.15. The average molecular weight is 494 g/mol. The normalized spacial score (nSPS) is 14.4. The highest BCUT2D eigenvalue weighted by Crippen LogP contribution is 2.25. The fourth-order valence-corrected chi connectivity index (χ4v) is 4.32. The number of anilines is 1. The van der Waals surface area contributed by atoms with Gasteiger partial charge in [0.05, 0.1) is 24.0 Å². The summed E-state index contributed by atoms with van der Waals surface area (Å²) in [6.07, 6.45) is 0. The monoisotopic (exact) mass is 493 g/mol. The van der Waals surface area contributed by atoms with E-state index in [1.54, 1.807) is 12.1 Å². The molecule has 4 rings (SSSR count). The molecule has 1 saturated heterocycles. The fourth-order valence-electron chi connectivity index (χ4n) is 3.38. The van der Waals surface area contributed by atoms with Crippen LogP contribution in [0, 0.1) is 11.6 Å². The Morgan fingerprint density at radius 2 is 1.85 bits per heavy atom. The van der Waals surface area contributed by atoms with Crippen molar-refractivity contribution in [1.82, 2.24) is 19.7 Å². The van der Waals surface area contributed by atoms with E-state index in [0.29, 0.717) is 36.4 Å². The van der Waals surface area contributed by atoms with Crippen molar-refractivity contribution in [3.8, 4) is 11.4 Å². The van der Waals surface area contributed by atoms with E-state index in [9.17, 15) is 13.6 Å². The summed E-state index contributed by atoms with van der Waals surface area (Å²) in [7, 11) is 0. The second-order valence-electron chi connectivity index (χ2n) is 7.38. The zero-order valence-electron chi connectivity index (χ0n) is 17.6. The third-order valence-corrected chi connectivity index (χ3v) is 6.35. The molecule has 0 saturated carbocycles. The predicted molar refractivity (Wildman–Crippen MR) is 123 cm³/mol. The Labute approximate surface area is 199 Å². The molecular formula is C22H22ClF2N5O2S. The molecule has 11 heteroatoms. The molecule has 0 spiro atoms. The molecule has 0 radical (unpaired) electrons. The summed E-state index contributed by atoms with van der Waals surface area (Å²) in [6.45, 7) is 4.46. The van der Waals surface area contributed by atoms with Gasteiger partial charge in [0.1, 0.15) is 11.6 Å². The topological polar surface area (TPSA) is 72.3 Å². The lowest BCUT2D eigenvalue weighted by molar-refractivity contribution is -0.113. The van der Waals surface area contributed by atoms with Crippen LogP contribution in [0.15, 0.2) is 47.6 Å². The molecule has 33 heavy (non-hydrogen) atoms. The van der Waals surface area contributed by atoms with Gasteiger partial charge in [-0.2, -0.15) is 0 Å². The molecule has 7 nitrogen and oxygen atoms in total. The number of aromatic nitrogens is 3. The van der Waals surface area contributed by atoms with E-state index in [4.69, 9.17) is 16.3 Å². The number of amides is 1. The van der Waals surface area contributed by atoms with Crippen LogP contribution in [0.4, 0.5) is 14.5 Å². The number of nitrogens with one attached hydrogen (secondary N) is 1. The van der Waals surface area contributed by atoms with Gasteiger partial charge in [0.2, 0.25) is 5.91 Å². The maximum Gasteiger partial charge on any atom is 0.234 e. The Bertz CT molecular complexity index is 1110. The van der Waals surface area contributed by atoms with E-state index in [1.165, 1.54) is 42.1 Å². The van der Waals surface area contributed by atoms with E-state index in [-0.39, 0.29) is 22.5 Å². The first-order valence-electron chi connectivity index (χ1n) is 10.4. The number of halogens is 3. The van der Waals surface area contributed by atoms with E-state index < -0.39 is 5.82 Å². The van der Waals surface area contributed by atoms with Gasteiger partial charge in [0.15, 0.2) is 11.0 Å². The Morgan fingerprint density at radius 3 is 2.58 bits per heavy atom. The molecular weight excluding hydrogens is 472 g/mol. The first-order chi connectivity index (χ1) is 16.0.